The van der Waals surface area contributed by atoms with E-state index >= 15 is 0 Å². The SMILES string of the molecule is O=C(O)C1Nc2cc(Cl)cc(Cl)c2S(=O)(=O)N1c1ccccc1. The summed E-state index contributed by atoms with van der Waals surface area (Å²) >= 11 is 11.9. The second-order valence-electron chi connectivity index (χ2n) is 4.79. The van der Waals surface area contributed by atoms with Crippen molar-refractivity contribution in [2.75, 3.05) is 9.62 Å². The molecule has 0 amide bonds. The van der Waals surface area contributed by atoms with Crippen LogP contribution in [0.1, 0.15) is 0 Å². The fraction of sp³-hybridized carbons (Fsp3) is 0.0714. The number of carbonyl (C=O) groups is 1. The number of benzene rings is 2. The molecule has 0 aliphatic carbocycles. The average molecular weight is 373 g/mol. The van der Waals surface area contributed by atoms with Crippen molar-refractivity contribution >= 4 is 50.6 Å². The Labute approximate surface area is 142 Å². The lowest BCUT2D eigenvalue weighted by Crippen LogP contribution is -2.53. The molecule has 0 saturated carbocycles. The van der Waals surface area contributed by atoms with Gasteiger partial charge in [-0.05, 0) is 24.3 Å². The first-order valence-electron chi connectivity index (χ1n) is 6.40. The number of hydrogen-bond acceptors (Lipinski definition) is 4. The van der Waals surface area contributed by atoms with Gasteiger partial charge in [-0.2, -0.15) is 0 Å². The van der Waals surface area contributed by atoms with Gasteiger partial charge >= 0.3 is 5.97 Å². The molecule has 9 heteroatoms. The minimum Gasteiger partial charge on any atom is -0.478 e. The van der Waals surface area contributed by atoms with Gasteiger partial charge in [0.15, 0.2) is 0 Å². The molecule has 3 rings (SSSR count). The Morgan fingerprint density at radius 3 is 2.43 bits per heavy atom. The quantitative estimate of drug-likeness (QED) is 0.845. The summed E-state index contributed by atoms with van der Waals surface area (Å²) in [5, 5.41) is 12.2. The lowest BCUT2D eigenvalue weighted by atomic mass is 10.2. The van der Waals surface area contributed by atoms with E-state index in [2.05, 4.69) is 5.32 Å². The van der Waals surface area contributed by atoms with Crippen LogP contribution < -0.4 is 9.62 Å². The summed E-state index contributed by atoms with van der Waals surface area (Å²) in [6, 6.07) is 10.6. The number of carboxylic acid groups (broad SMARTS) is 1. The van der Waals surface area contributed by atoms with E-state index in [4.69, 9.17) is 23.2 Å². The molecule has 120 valence electrons. The normalized spacial score (nSPS) is 18.9. The smallest absolute Gasteiger partial charge is 0.348 e. The largest absolute Gasteiger partial charge is 0.478 e. The molecule has 23 heavy (non-hydrogen) atoms. The van der Waals surface area contributed by atoms with Crippen molar-refractivity contribution in [1.29, 1.82) is 0 Å². The predicted octanol–water partition coefficient (Wildman–Crippen LogP) is 3.02. The van der Waals surface area contributed by atoms with E-state index in [1.807, 2.05) is 0 Å². The first-order valence-corrected chi connectivity index (χ1v) is 8.60. The number of hydrogen-bond donors (Lipinski definition) is 2. The molecule has 1 unspecified atom stereocenters. The number of nitrogens with one attached hydrogen (secondary N) is 1. The van der Waals surface area contributed by atoms with Crippen LogP contribution in [0.5, 0.6) is 0 Å². The van der Waals surface area contributed by atoms with Crippen molar-refractivity contribution in [2.24, 2.45) is 0 Å². The minimum atomic E-state index is -4.18. The van der Waals surface area contributed by atoms with Crippen molar-refractivity contribution in [3.8, 4) is 0 Å². The van der Waals surface area contributed by atoms with Crippen LogP contribution in [-0.2, 0) is 14.8 Å². The molecular formula is C14H10Cl2N2O4S. The van der Waals surface area contributed by atoms with Crippen molar-refractivity contribution in [3.63, 3.8) is 0 Å². The number of carboxylic acids is 1. The summed E-state index contributed by atoms with van der Waals surface area (Å²) < 4.78 is 26.7. The molecule has 0 aromatic heterocycles. The van der Waals surface area contributed by atoms with Crippen molar-refractivity contribution in [1.82, 2.24) is 0 Å². The highest BCUT2D eigenvalue weighted by Gasteiger charge is 2.43. The number of sulfonamides is 1. The Morgan fingerprint density at radius 2 is 1.83 bits per heavy atom. The second kappa shape index (κ2) is 5.59. The van der Waals surface area contributed by atoms with E-state index in [-0.39, 0.29) is 26.3 Å². The van der Waals surface area contributed by atoms with Crippen LogP contribution in [0.15, 0.2) is 47.4 Å². The first kappa shape index (κ1) is 15.9. The van der Waals surface area contributed by atoms with Gasteiger partial charge in [-0.1, -0.05) is 41.4 Å². The third-order valence-electron chi connectivity index (χ3n) is 3.30. The van der Waals surface area contributed by atoms with Crippen LogP contribution in [0.4, 0.5) is 11.4 Å². The van der Waals surface area contributed by atoms with E-state index in [0.717, 1.165) is 4.31 Å². The van der Waals surface area contributed by atoms with Crippen LogP contribution in [0.3, 0.4) is 0 Å². The summed E-state index contributed by atoms with van der Waals surface area (Å²) in [7, 11) is -4.18. The molecule has 1 aliphatic rings. The fourth-order valence-electron chi connectivity index (χ4n) is 2.40. The summed E-state index contributed by atoms with van der Waals surface area (Å²) in [4.78, 5) is 11.4. The van der Waals surface area contributed by atoms with Crippen LogP contribution in [0.25, 0.3) is 0 Å². The molecule has 1 atom stereocenters. The topological polar surface area (TPSA) is 86.7 Å². The standard InChI is InChI=1S/C14H10Cl2N2O4S/c15-8-6-10(16)12-11(7-8)17-13(14(19)20)18(23(12,21)22)9-4-2-1-3-5-9/h1-7,13,17H,(H,19,20). The van der Waals surface area contributed by atoms with Crippen molar-refractivity contribution in [3.05, 3.63) is 52.5 Å². The third kappa shape index (κ3) is 2.60. The Hall–Kier alpha value is -1.96. The van der Waals surface area contributed by atoms with Gasteiger partial charge in [0.2, 0.25) is 6.17 Å². The number of rotatable bonds is 2. The molecule has 0 saturated heterocycles. The summed E-state index contributed by atoms with van der Waals surface area (Å²) in [6.45, 7) is 0. The van der Waals surface area contributed by atoms with Gasteiger partial charge in [0.05, 0.1) is 16.4 Å². The number of aliphatic carboxylic acids is 1. The number of para-hydroxylation sites is 1. The first-order chi connectivity index (χ1) is 10.8. The number of halogens is 2. The summed E-state index contributed by atoms with van der Waals surface area (Å²) in [5.41, 5.74) is 0.270. The summed E-state index contributed by atoms with van der Waals surface area (Å²) in [6.07, 6.45) is -1.51. The maximum Gasteiger partial charge on any atom is 0.348 e. The van der Waals surface area contributed by atoms with Crippen LogP contribution >= 0.6 is 23.2 Å². The zero-order chi connectivity index (χ0) is 16.8. The van der Waals surface area contributed by atoms with Gasteiger partial charge in [0.25, 0.3) is 10.0 Å². The maximum absolute atomic E-state index is 12.9. The van der Waals surface area contributed by atoms with Crippen molar-refractivity contribution < 1.29 is 18.3 Å². The Bertz CT molecular complexity index is 887. The molecule has 2 N–H and O–H groups in total. The molecule has 0 fully saturated rings. The highest BCUT2D eigenvalue weighted by Crippen LogP contribution is 2.41. The Kier molecular flexibility index (Phi) is 3.87. The molecule has 6 nitrogen and oxygen atoms in total. The summed E-state index contributed by atoms with van der Waals surface area (Å²) in [5.74, 6) is -1.35. The highest BCUT2D eigenvalue weighted by atomic mass is 35.5. The van der Waals surface area contributed by atoms with E-state index in [0.29, 0.717) is 0 Å². The molecule has 0 spiro atoms. The number of fused-ring (bicyclic) bond motifs is 1. The lowest BCUT2D eigenvalue weighted by molar-refractivity contribution is -0.137. The molecule has 2 aromatic rings. The molecular weight excluding hydrogens is 363 g/mol. The Balaban J connectivity index is 2.29. The lowest BCUT2D eigenvalue weighted by Gasteiger charge is -2.36. The van der Waals surface area contributed by atoms with Crippen LogP contribution in [0.2, 0.25) is 10.0 Å². The maximum atomic E-state index is 12.9. The fourth-order valence-corrected chi connectivity index (χ4v) is 4.90. The zero-order valence-electron chi connectivity index (χ0n) is 11.4. The predicted molar refractivity (Wildman–Crippen MR) is 87.6 cm³/mol. The van der Waals surface area contributed by atoms with Gasteiger partial charge < -0.3 is 10.4 Å². The van der Waals surface area contributed by atoms with Gasteiger partial charge in [0.1, 0.15) is 4.90 Å². The number of nitrogens with zero attached hydrogens (tertiary/aromatic N) is 1. The highest BCUT2D eigenvalue weighted by molar-refractivity contribution is 7.93. The molecule has 1 aliphatic heterocycles. The molecule has 0 radical (unpaired) electrons. The Morgan fingerprint density at radius 1 is 1.17 bits per heavy atom. The zero-order valence-corrected chi connectivity index (χ0v) is 13.7. The van der Waals surface area contributed by atoms with Crippen molar-refractivity contribution in [2.45, 2.75) is 11.1 Å². The number of anilines is 2. The van der Waals surface area contributed by atoms with E-state index in [1.54, 1.807) is 18.2 Å². The minimum absolute atomic E-state index is 0.0575. The van der Waals surface area contributed by atoms with Gasteiger partial charge in [-0.25, -0.2) is 17.5 Å². The average Bonchev–Trinajstić information content (AvgIpc) is 2.45. The second-order valence-corrected chi connectivity index (χ2v) is 7.38. The van der Waals surface area contributed by atoms with E-state index in [1.165, 1.54) is 24.3 Å². The third-order valence-corrected chi connectivity index (χ3v) is 5.82. The van der Waals surface area contributed by atoms with Crippen LogP contribution in [-0.4, -0.2) is 25.7 Å². The van der Waals surface area contributed by atoms with Crippen LogP contribution in [0, 0.1) is 0 Å². The monoisotopic (exact) mass is 372 g/mol. The molecule has 0 bridgehead atoms. The van der Waals surface area contributed by atoms with Gasteiger partial charge in [-0.15, -0.1) is 0 Å². The van der Waals surface area contributed by atoms with Gasteiger partial charge in [0, 0.05) is 5.02 Å². The van der Waals surface area contributed by atoms with Gasteiger partial charge in [-0.3, -0.25) is 0 Å². The molecule has 1 heterocycles. The van der Waals surface area contributed by atoms with E-state index < -0.39 is 22.2 Å². The van der Waals surface area contributed by atoms with E-state index in [9.17, 15) is 18.3 Å². The molecule has 2 aromatic carbocycles.